The summed E-state index contributed by atoms with van der Waals surface area (Å²) in [6.45, 7) is 9.64. The summed E-state index contributed by atoms with van der Waals surface area (Å²) in [6.07, 6.45) is 0. The van der Waals surface area contributed by atoms with Crippen molar-refractivity contribution in [3.8, 4) is 0 Å². The minimum atomic E-state index is -0.296. The van der Waals surface area contributed by atoms with Gasteiger partial charge in [0.15, 0.2) is 0 Å². The molecule has 0 bridgehead atoms. The second-order valence-corrected chi connectivity index (χ2v) is 5.66. The Balaban J connectivity index is 2.50. The number of rotatable bonds is 3. The lowest BCUT2D eigenvalue weighted by atomic mass is 9.73. The van der Waals surface area contributed by atoms with Crippen molar-refractivity contribution in [1.82, 2.24) is 0 Å². The molecule has 0 aromatic heterocycles. The lowest BCUT2D eigenvalue weighted by Crippen LogP contribution is -2.53. The van der Waals surface area contributed by atoms with Crippen LogP contribution in [0.2, 0.25) is 0 Å². The van der Waals surface area contributed by atoms with Crippen LogP contribution in [0.1, 0.15) is 33.9 Å². The third-order valence-corrected chi connectivity index (χ3v) is 4.49. The second kappa shape index (κ2) is 4.65. The summed E-state index contributed by atoms with van der Waals surface area (Å²) in [4.78, 5) is 0. The summed E-state index contributed by atoms with van der Waals surface area (Å²) in [6, 6.07) is 2.04. The van der Waals surface area contributed by atoms with E-state index >= 15 is 0 Å². The Morgan fingerprint density at radius 2 is 1.72 bits per heavy atom. The van der Waals surface area contributed by atoms with Crippen molar-refractivity contribution >= 4 is 0 Å². The van der Waals surface area contributed by atoms with Crippen molar-refractivity contribution in [2.75, 3.05) is 19.8 Å². The Bertz CT molecular complexity index is 432. The molecule has 3 heteroatoms. The number of hydrogen-bond acceptors (Lipinski definition) is 3. The van der Waals surface area contributed by atoms with Gasteiger partial charge in [-0.3, -0.25) is 0 Å². The SMILES string of the molecule is Cc1cc(C)c(C)c(C(N)C2(CO)COC2)c1C. The van der Waals surface area contributed by atoms with Gasteiger partial charge in [-0.2, -0.15) is 0 Å². The van der Waals surface area contributed by atoms with Crippen LogP contribution in [0.3, 0.4) is 0 Å². The molecule has 1 aromatic carbocycles. The number of benzene rings is 1. The molecule has 0 saturated carbocycles. The Morgan fingerprint density at radius 3 is 2.06 bits per heavy atom. The highest BCUT2D eigenvalue weighted by molar-refractivity contribution is 5.46. The lowest BCUT2D eigenvalue weighted by molar-refractivity contribution is -0.150. The first-order valence-corrected chi connectivity index (χ1v) is 6.44. The summed E-state index contributed by atoms with van der Waals surface area (Å²) >= 11 is 0. The van der Waals surface area contributed by atoms with Crippen molar-refractivity contribution < 1.29 is 9.84 Å². The van der Waals surface area contributed by atoms with E-state index in [1.165, 1.54) is 27.8 Å². The smallest absolute Gasteiger partial charge is 0.0594 e. The van der Waals surface area contributed by atoms with Crippen LogP contribution in [0, 0.1) is 33.1 Å². The zero-order chi connectivity index (χ0) is 13.5. The van der Waals surface area contributed by atoms with Gasteiger partial charge in [0.2, 0.25) is 0 Å². The van der Waals surface area contributed by atoms with Gasteiger partial charge in [0, 0.05) is 6.04 Å². The van der Waals surface area contributed by atoms with Gasteiger partial charge in [-0.1, -0.05) is 6.07 Å². The topological polar surface area (TPSA) is 55.5 Å². The molecule has 0 radical (unpaired) electrons. The summed E-state index contributed by atoms with van der Waals surface area (Å²) in [5, 5.41) is 9.63. The van der Waals surface area contributed by atoms with E-state index in [2.05, 4.69) is 33.8 Å². The van der Waals surface area contributed by atoms with Crippen molar-refractivity contribution in [3.63, 3.8) is 0 Å². The largest absolute Gasteiger partial charge is 0.396 e. The number of aliphatic hydroxyl groups is 1. The molecular formula is C15H23NO2. The minimum absolute atomic E-state index is 0.0834. The molecule has 18 heavy (non-hydrogen) atoms. The first kappa shape index (κ1) is 13.5. The Labute approximate surface area is 109 Å². The predicted octanol–water partition coefficient (Wildman–Crippen LogP) is 1.93. The number of ether oxygens (including phenoxy) is 1. The van der Waals surface area contributed by atoms with Crippen LogP contribution in [-0.4, -0.2) is 24.9 Å². The molecule has 1 unspecified atom stereocenters. The molecule has 1 fully saturated rings. The van der Waals surface area contributed by atoms with Gasteiger partial charge in [0.1, 0.15) is 0 Å². The van der Waals surface area contributed by atoms with Crippen molar-refractivity contribution in [2.24, 2.45) is 11.1 Å². The van der Waals surface area contributed by atoms with Crippen LogP contribution < -0.4 is 5.73 Å². The van der Waals surface area contributed by atoms with Gasteiger partial charge in [-0.05, 0) is 55.5 Å². The average Bonchev–Trinajstić information content (AvgIpc) is 2.26. The third-order valence-electron chi connectivity index (χ3n) is 4.49. The number of nitrogens with two attached hydrogens (primary N) is 1. The lowest BCUT2D eigenvalue weighted by Gasteiger charge is -2.45. The van der Waals surface area contributed by atoms with Crippen molar-refractivity contribution in [2.45, 2.75) is 33.7 Å². The summed E-state index contributed by atoms with van der Waals surface area (Å²) in [5.74, 6) is 0. The van der Waals surface area contributed by atoms with Gasteiger partial charge in [-0.15, -0.1) is 0 Å². The molecule has 0 aliphatic carbocycles. The van der Waals surface area contributed by atoms with E-state index in [1.54, 1.807) is 0 Å². The van der Waals surface area contributed by atoms with Crippen LogP contribution in [0.25, 0.3) is 0 Å². The van der Waals surface area contributed by atoms with Gasteiger partial charge in [0.25, 0.3) is 0 Å². The van der Waals surface area contributed by atoms with Crippen molar-refractivity contribution in [3.05, 3.63) is 33.9 Å². The van der Waals surface area contributed by atoms with Gasteiger partial charge < -0.3 is 15.6 Å². The fourth-order valence-corrected chi connectivity index (χ4v) is 2.75. The van der Waals surface area contributed by atoms with E-state index in [0.29, 0.717) is 13.2 Å². The molecular weight excluding hydrogens is 226 g/mol. The molecule has 1 aliphatic rings. The molecule has 2 rings (SSSR count). The highest BCUT2D eigenvalue weighted by Gasteiger charge is 2.45. The van der Waals surface area contributed by atoms with Crippen molar-refractivity contribution in [1.29, 1.82) is 0 Å². The monoisotopic (exact) mass is 249 g/mol. The summed E-state index contributed by atoms with van der Waals surface area (Å²) in [5.41, 5.74) is 12.3. The van der Waals surface area contributed by atoms with Crippen LogP contribution in [0.5, 0.6) is 0 Å². The van der Waals surface area contributed by atoms with Gasteiger partial charge in [0.05, 0.1) is 25.2 Å². The maximum Gasteiger partial charge on any atom is 0.0594 e. The van der Waals surface area contributed by atoms with E-state index in [-0.39, 0.29) is 18.1 Å². The van der Waals surface area contributed by atoms with Crippen LogP contribution in [-0.2, 0) is 4.74 Å². The molecule has 1 heterocycles. The quantitative estimate of drug-likeness (QED) is 0.860. The second-order valence-electron chi connectivity index (χ2n) is 5.66. The maximum absolute atomic E-state index is 9.63. The van der Waals surface area contributed by atoms with E-state index in [4.69, 9.17) is 10.5 Å². The van der Waals surface area contributed by atoms with Gasteiger partial charge >= 0.3 is 0 Å². The molecule has 1 atom stereocenters. The first-order valence-electron chi connectivity index (χ1n) is 6.44. The zero-order valence-electron chi connectivity index (χ0n) is 11.7. The average molecular weight is 249 g/mol. The minimum Gasteiger partial charge on any atom is -0.396 e. The van der Waals surface area contributed by atoms with Crippen LogP contribution in [0.4, 0.5) is 0 Å². The van der Waals surface area contributed by atoms with Gasteiger partial charge in [-0.25, -0.2) is 0 Å². The molecule has 3 N–H and O–H groups in total. The van der Waals surface area contributed by atoms with E-state index < -0.39 is 0 Å². The van der Waals surface area contributed by atoms with E-state index in [0.717, 1.165) is 0 Å². The first-order chi connectivity index (χ1) is 8.43. The number of aliphatic hydroxyl groups excluding tert-OH is 1. The van der Waals surface area contributed by atoms with Crippen LogP contribution >= 0.6 is 0 Å². The highest BCUT2D eigenvalue weighted by Crippen LogP contribution is 2.41. The molecule has 1 aliphatic heterocycles. The Morgan fingerprint density at radius 1 is 1.22 bits per heavy atom. The molecule has 3 nitrogen and oxygen atoms in total. The summed E-state index contributed by atoms with van der Waals surface area (Å²) in [7, 11) is 0. The fourth-order valence-electron chi connectivity index (χ4n) is 2.75. The van der Waals surface area contributed by atoms with E-state index in [9.17, 15) is 5.11 Å². The number of aryl methyl sites for hydroxylation is 2. The number of hydrogen-bond donors (Lipinski definition) is 2. The normalized spacial score (nSPS) is 19.4. The third kappa shape index (κ3) is 1.87. The molecule has 0 spiro atoms. The summed E-state index contributed by atoms with van der Waals surface area (Å²) < 4.78 is 5.27. The van der Waals surface area contributed by atoms with Crippen LogP contribution in [0.15, 0.2) is 6.07 Å². The maximum atomic E-state index is 9.63. The standard InChI is InChI=1S/C15H23NO2/c1-9-5-10(2)12(4)13(11(9)3)14(16)15(6-17)7-18-8-15/h5,14,17H,6-8,16H2,1-4H3. The molecule has 100 valence electrons. The highest BCUT2D eigenvalue weighted by atomic mass is 16.5. The molecule has 0 amide bonds. The Hall–Kier alpha value is -0.900. The molecule has 1 saturated heterocycles. The fraction of sp³-hybridized carbons (Fsp3) is 0.600. The molecule has 1 aromatic rings. The Kier molecular flexibility index (Phi) is 3.49. The zero-order valence-corrected chi connectivity index (χ0v) is 11.7. The predicted molar refractivity (Wildman–Crippen MR) is 72.7 cm³/mol. The van der Waals surface area contributed by atoms with E-state index in [1.807, 2.05) is 0 Å².